The Bertz CT molecular complexity index is 2880. The molecule has 0 radical (unpaired) electrons. The lowest BCUT2D eigenvalue weighted by molar-refractivity contribution is 0.482. The third-order valence-corrected chi connectivity index (χ3v) is 9.53. The molecule has 0 amide bonds. The third kappa shape index (κ3) is 4.21. The minimum Gasteiger partial charge on any atom is -0.457 e. The summed E-state index contributed by atoms with van der Waals surface area (Å²) >= 11 is 0. The Morgan fingerprint density at radius 2 is 1.18 bits per heavy atom. The van der Waals surface area contributed by atoms with Crippen LogP contribution in [0.25, 0.3) is 77.5 Å². The average molecular weight is 632 g/mol. The van der Waals surface area contributed by atoms with Gasteiger partial charge in [-0.05, 0) is 78.9 Å². The Kier molecular flexibility index (Phi) is 5.99. The fourth-order valence-corrected chi connectivity index (χ4v) is 7.43. The van der Waals surface area contributed by atoms with Crippen molar-refractivity contribution in [1.29, 1.82) is 0 Å². The summed E-state index contributed by atoms with van der Waals surface area (Å²) in [6.07, 6.45) is 1.87. The molecule has 0 fully saturated rings. The van der Waals surface area contributed by atoms with Crippen LogP contribution in [0.5, 0.6) is 11.5 Å². The fourth-order valence-electron chi connectivity index (χ4n) is 7.43. The highest BCUT2D eigenvalue weighted by atomic mass is 16.5. The molecule has 6 nitrogen and oxygen atoms in total. The van der Waals surface area contributed by atoms with Gasteiger partial charge in [-0.25, -0.2) is 9.97 Å². The molecule has 0 bridgehead atoms. The summed E-state index contributed by atoms with van der Waals surface area (Å²) in [7, 11) is 2.05. The van der Waals surface area contributed by atoms with E-state index in [0.717, 1.165) is 61.8 Å². The summed E-state index contributed by atoms with van der Waals surface area (Å²) in [4.78, 5) is 9.83. The zero-order valence-electron chi connectivity index (χ0n) is 26.7. The average Bonchev–Trinajstić information content (AvgIpc) is 3.79. The van der Waals surface area contributed by atoms with Gasteiger partial charge in [0.2, 0.25) is 0 Å². The van der Waals surface area contributed by atoms with Crippen LogP contribution in [0.3, 0.4) is 0 Å². The van der Waals surface area contributed by atoms with Crippen molar-refractivity contribution >= 4 is 54.8 Å². The molecule has 6 aromatic carbocycles. The lowest BCUT2D eigenvalue weighted by Gasteiger charge is -2.12. The van der Waals surface area contributed by atoms with E-state index >= 15 is 0 Å². The van der Waals surface area contributed by atoms with Crippen molar-refractivity contribution in [2.24, 2.45) is 7.05 Å². The van der Waals surface area contributed by atoms with E-state index in [-0.39, 0.29) is 0 Å². The molecule has 0 N–H and O–H groups in total. The molecule has 6 heteroatoms. The number of nitrogens with zero attached hydrogens (tertiary/aromatic N) is 5. The molecule has 232 valence electrons. The zero-order chi connectivity index (χ0) is 32.5. The van der Waals surface area contributed by atoms with Crippen LogP contribution in [0.2, 0.25) is 0 Å². The van der Waals surface area contributed by atoms with Gasteiger partial charge >= 0.3 is 0 Å². The molecule has 4 heterocycles. The van der Waals surface area contributed by atoms with Crippen molar-refractivity contribution in [2.45, 2.75) is 0 Å². The summed E-state index contributed by atoms with van der Waals surface area (Å²) < 4.78 is 13.3. The summed E-state index contributed by atoms with van der Waals surface area (Å²) in [6, 6.07) is 52.5. The second-order valence-corrected chi connectivity index (χ2v) is 12.4. The number of aromatic nitrogens is 5. The van der Waals surface area contributed by atoms with Crippen LogP contribution in [-0.4, -0.2) is 23.7 Å². The van der Waals surface area contributed by atoms with E-state index in [1.165, 1.54) is 27.2 Å². The van der Waals surface area contributed by atoms with E-state index in [1.807, 2.05) is 54.7 Å². The van der Waals surface area contributed by atoms with Crippen molar-refractivity contribution < 1.29 is 4.74 Å². The minimum absolute atomic E-state index is 0.743. The predicted molar refractivity (Wildman–Crippen MR) is 199 cm³/mol. The Labute approximate surface area is 281 Å². The van der Waals surface area contributed by atoms with E-state index in [0.29, 0.717) is 0 Å². The highest BCUT2D eigenvalue weighted by molar-refractivity contribution is 6.28. The molecular formula is C43H29N5O. The maximum absolute atomic E-state index is 6.52. The number of pyridine rings is 1. The Hall–Kier alpha value is -6.66. The highest BCUT2D eigenvalue weighted by Gasteiger charge is 2.21. The van der Waals surface area contributed by atoms with E-state index in [2.05, 4.69) is 124 Å². The fraction of sp³-hybridized carbons (Fsp3) is 0.0233. The van der Waals surface area contributed by atoms with Crippen molar-refractivity contribution in [3.63, 3.8) is 0 Å². The molecule has 0 saturated carbocycles. The predicted octanol–water partition coefficient (Wildman–Crippen LogP) is 10.6. The van der Waals surface area contributed by atoms with E-state index < -0.39 is 0 Å². The van der Waals surface area contributed by atoms with Gasteiger partial charge in [-0.1, -0.05) is 66.7 Å². The normalized spacial score (nSPS) is 11.8. The Morgan fingerprint density at radius 3 is 2.04 bits per heavy atom. The molecule has 10 aromatic rings. The first kappa shape index (κ1) is 27.5. The van der Waals surface area contributed by atoms with Crippen LogP contribution >= 0.6 is 0 Å². The van der Waals surface area contributed by atoms with Crippen LogP contribution in [0.15, 0.2) is 158 Å². The standard InChI is InChI=1S/C43H29N5O/c1-46-37-22-8-6-20-35(37)45-42(46)28-12-9-16-31(26-28)49-32-17-10-15-30(27-32)48-39-24-23-38-40(41(39)34-19-11-25-44-43(34)48)33-18-5-7-21-36(33)47(38)29-13-3-2-4-14-29/h2-27H,1H3. The summed E-state index contributed by atoms with van der Waals surface area (Å²) in [6.45, 7) is 0. The Balaban J connectivity index is 1.12. The third-order valence-electron chi connectivity index (χ3n) is 9.53. The molecule has 4 aromatic heterocycles. The SMILES string of the molecule is Cn1c(-c2cccc(Oc3cccc(-n4c5ccc6c(c7ccccc7n6-c6ccccc6)c5c5cccnc54)c3)c2)nc2ccccc21. The zero-order valence-corrected chi connectivity index (χ0v) is 26.7. The van der Waals surface area contributed by atoms with Crippen LogP contribution in [0.1, 0.15) is 0 Å². The minimum atomic E-state index is 0.743. The molecule has 0 atom stereocenters. The van der Waals surface area contributed by atoms with Crippen LogP contribution in [-0.2, 0) is 7.05 Å². The number of rotatable bonds is 5. The number of imidazole rings is 1. The summed E-state index contributed by atoms with van der Waals surface area (Å²) in [5.41, 5.74) is 9.53. The van der Waals surface area contributed by atoms with Crippen LogP contribution in [0.4, 0.5) is 0 Å². The second-order valence-electron chi connectivity index (χ2n) is 12.4. The number of fused-ring (bicyclic) bond motifs is 8. The van der Waals surface area contributed by atoms with Gasteiger partial charge in [-0.2, -0.15) is 0 Å². The number of benzene rings is 6. The monoisotopic (exact) mass is 631 g/mol. The number of hydrogen-bond acceptors (Lipinski definition) is 3. The number of aryl methyl sites for hydroxylation is 1. The van der Waals surface area contributed by atoms with E-state index in [9.17, 15) is 0 Å². The topological polar surface area (TPSA) is 49.8 Å². The van der Waals surface area contributed by atoms with Gasteiger partial charge < -0.3 is 13.9 Å². The first-order valence-electron chi connectivity index (χ1n) is 16.4. The molecular weight excluding hydrogens is 603 g/mol. The van der Waals surface area contributed by atoms with Gasteiger partial charge in [-0.15, -0.1) is 0 Å². The molecule has 0 aliphatic heterocycles. The van der Waals surface area contributed by atoms with Crippen LogP contribution < -0.4 is 4.74 Å². The first-order valence-corrected chi connectivity index (χ1v) is 16.4. The molecule has 0 spiro atoms. The smallest absolute Gasteiger partial charge is 0.145 e. The highest BCUT2D eigenvalue weighted by Crippen LogP contribution is 2.42. The summed E-state index contributed by atoms with van der Waals surface area (Å²) in [5.74, 6) is 2.39. The lowest BCUT2D eigenvalue weighted by atomic mass is 10.1. The molecule has 0 unspecified atom stereocenters. The van der Waals surface area contributed by atoms with Crippen LogP contribution in [0, 0.1) is 0 Å². The molecule has 49 heavy (non-hydrogen) atoms. The van der Waals surface area contributed by atoms with Gasteiger partial charge in [0.25, 0.3) is 0 Å². The maximum atomic E-state index is 6.52. The van der Waals surface area contributed by atoms with Crippen molar-refractivity contribution in [2.75, 3.05) is 0 Å². The molecule has 0 aliphatic carbocycles. The van der Waals surface area contributed by atoms with Gasteiger partial charge in [0.15, 0.2) is 0 Å². The first-order chi connectivity index (χ1) is 24.2. The number of para-hydroxylation sites is 4. The lowest BCUT2D eigenvalue weighted by Crippen LogP contribution is -1.96. The molecule has 0 aliphatic rings. The number of ether oxygens (including phenoxy) is 1. The van der Waals surface area contributed by atoms with Gasteiger partial charge in [0, 0.05) is 52.1 Å². The van der Waals surface area contributed by atoms with Crippen molar-refractivity contribution in [1.82, 2.24) is 23.7 Å². The van der Waals surface area contributed by atoms with Crippen molar-refractivity contribution in [3.8, 4) is 34.3 Å². The maximum Gasteiger partial charge on any atom is 0.145 e. The van der Waals surface area contributed by atoms with Gasteiger partial charge in [0.05, 0.1) is 33.3 Å². The number of hydrogen-bond donors (Lipinski definition) is 0. The van der Waals surface area contributed by atoms with E-state index in [4.69, 9.17) is 14.7 Å². The Morgan fingerprint density at radius 1 is 0.510 bits per heavy atom. The quantitative estimate of drug-likeness (QED) is 0.190. The molecule has 0 saturated heterocycles. The summed E-state index contributed by atoms with van der Waals surface area (Å²) in [5, 5.41) is 4.74. The van der Waals surface area contributed by atoms with Crippen molar-refractivity contribution in [3.05, 3.63) is 158 Å². The second kappa shape index (κ2) is 10.7. The van der Waals surface area contributed by atoms with Gasteiger partial charge in [0.1, 0.15) is 23.0 Å². The van der Waals surface area contributed by atoms with E-state index in [1.54, 1.807) is 0 Å². The van der Waals surface area contributed by atoms with Gasteiger partial charge in [-0.3, -0.25) is 4.57 Å². The molecule has 10 rings (SSSR count). The largest absolute Gasteiger partial charge is 0.457 e.